The Morgan fingerprint density at radius 2 is 2.17 bits per heavy atom. The molecule has 0 aliphatic heterocycles. The van der Waals surface area contributed by atoms with E-state index in [0.29, 0.717) is 0 Å². The van der Waals surface area contributed by atoms with Crippen molar-refractivity contribution in [1.29, 1.82) is 0 Å². The van der Waals surface area contributed by atoms with Gasteiger partial charge in [0.1, 0.15) is 0 Å². The average Bonchev–Trinajstić information content (AvgIpc) is 2.60. The first-order valence-electron chi connectivity index (χ1n) is 4.31. The minimum atomic E-state index is 0.259. The third kappa shape index (κ3) is 4.13. The van der Waals surface area contributed by atoms with Crippen LogP contribution in [-0.4, -0.2) is 22.8 Å². The summed E-state index contributed by atoms with van der Waals surface area (Å²) in [7, 11) is 1.71. The summed E-state index contributed by atoms with van der Waals surface area (Å²) in [5, 5.41) is 0. The third-order valence-corrected chi connectivity index (χ3v) is 1.43. The first-order valence-corrected chi connectivity index (χ1v) is 4.31. The Morgan fingerprint density at radius 1 is 1.50 bits per heavy atom. The van der Waals surface area contributed by atoms with Gasteiger partial charge in [-0.25, -0.2) is 4.98 Å². The Bertz CT molecular complexity index is 173. The number of hydrogen-bond donors (Lipinski definition) is 0. The molecule has 1 aromatic heterocycles. The maximum absolute atomic E-state index is 5.07. The van der Waals surface area contributed by atoms with Crippen LogP contribution < -0.4 is 0 Å². The molecule has 0 radical (unpaired) electrons. The van der Waals surface area contributed by atoms with Crippen LogP contribution in [0.25, 0.3) is 0 Å². The van der Waals surface area contributed by atoms with Crippen molar-refractivity contribution < 1.29 is 4.74 Å². The normalized spacial score (nSPS) is 11.7. The molecule has 0 aliphatic rings. The van der Waals surface area contributed by atoms with Gasteiger partial charge in [-0.1, -0.05) is 13.8 Å². The largest absolute Gasteiger partial charge is 0.380 e. The molecular weight excluding hydrogens is 152 g/mol. The topological polar surface area (TPSA) is 27.1 Å². The van der Waals surface area contributed by atoms with Crippen molar-refractivity contribution >= 4 is 0 Å². The zero-order valence-electron chi connectivity index (χ0n) is 8.32. The average molecular weight is 170 g/mol. The van der Waals surface area contributed by atoms with Crippen LogP contribution in [0.15, 0.2) is 18.7 Å². The second-order valence-electron chi connectivity index (χ2n) is 2.31. The van der Waals surface area contributed by atoms with E-state index in [4.69, 9.17) is 4.74 Å². The van der Waals surface area contributed by atoms with Gasteiger partial charge in [-0.3, -0.25) is 0 Å². The van der Waals surface area contributed by atoms with Crippen molar-refractivity contribution in [2.75, 3.05) is 7.11 Å². The second kappa shape index (κ2) is 6.85. The van der Waals surface area contributed by atoms with Gasteiger partial charge < -0.3 is 9.30 Å². The van der Waals surface area contributed by atoms with E-state index in [1.807, 2.05) is 31.5 Å². The van der Waals surface area contributed by atoms with Crippen LogP contribution in [0.4, 0.5) is 0 Å². The Morgan fingerprint density at radius 3 is 2.58 bits per heavy atom. The SMILES string of the molecule is CC.COC(C)Cn1ccnc1. The summed E-state index contributed by atoms with van der Waals surface area (Å²) >= 11 is 0. The van der Waals surface area contributed by atoms with Crippen LogP contribution in [0.5, 0.6) is 0 Å². The number of nitrogens with zero attached hydrogens (tertiary/aromatic N) is 2. The van der Waals surface area contributed by atoms with Crippen molar-refractivity contribution in [3.8, 4) is 0 Å². The van der Waals surface area contributed by atoms with E-state index in [2.05, 4.69) is 4.98 Å². The van der Waals surface area contributed by atoms with Gasteiger partial charge in [-0.15, -0.1) is 0 Å². The maximum Gasteiger partial charge on any atom is 0.0946 e. The zero-order valence-corrected chi connectivity index (χ0v) is 8.32. The predicted molar refractivity (Wildman–Crippen MR) is 50.0 cm³/mol. The highest BCUT2D eigenvalue weighted by molar-refractivity contribution is 4.74. The van der Waals surface area contributed by atoms with Gasteiger partial charge in [0.15, 0.2) is 0 Å². The van der Waals surface area contributed by atoms with Gasteiger partial charge in [0.2, 0.25) is 0 Å². The molecule has 0 spiro atoms. The fourth-order valence-corrected chi connectivity index (χ4v) is 0.766. The van der Waals surface area contributed by atoms with E-state index in [1.165, 1.54) is 0 Å². The Kier molecular flexibility index (Phi) is 6.38. The fourth-order valence-electron chi connectivity index (χ4n) is 0.766. The number of methoxy groups -OCH3 is 1. The van der Waals surface area contributed by atoms with E-state index in [9.17, 15) is 0 Å². The highest BCUT2D eigenvalue weighted by Crippen LogP contribution is 1.93. The first kappa shape index (κ1) is 11.2. The smallest absolute Gasteiger partial charge is 0.0946 e. The molecule has 0 N–H and O–H groups in total. The lowest BCUT2D eigenvalue weighted by Crippen LogP contribution is -2.12. The summed E-state index contributed by atoms with van der Waals surface area (Å²) in [5.74, 6) is 0. The van der Waals surface area contributed by atoms with Crippen LogP contribution >= 0.6 is 0 Å². The summed E-state index contributed by atoms with van der Waals surface area (Å²) in [5.41, 5.74) is 0. The lowest BCUT2D eigenvalue weighted by atomic mass is 10.4. The van der Waals surface area contributed by atoms with Crippen molar-refractivity contribution in [2.45, 2.75) is 33.4 Å². The molecule has 3 heteroatoms. The molecule has 1 aromatic rings. The van der Waals surface area contributed by atoms with Crippen LogP contribution in [0.3, 0.4) is 0 Å². The molecule has 0 fully saturated rings. The van der Waals surface area contributed by atoms with Gasteiger partial charge in [0, 0.05) is 26.0 Å². The van der Waals surface area contributed by atoms with Crippen molar-refractivity contribution in [1.82, 2.24) is 9.55 Å². The van der Waals surface area contributed by atoms with Gasteiger partial charge in [-0.05, 0) is 6.92 Å². The number of imidazole rings is 1. The van der Waals surface area contributed by atoms with Crippen molar-refractivity contribution in [3.63, 3.8) is 0 Å². The van der Waals surface area contributed by atoms with E-state index in [1.54, 1.807) is 19.6 Å². The Hall–Kier alpha value is -0.830. The van der Waals surface area contributed by atoms with Crippen LogP contribution in [0.1, 0.15) is 20.8 Å². The predicted octanol–water partition coefficient (Wildman–Crippen LogP) is 1.94. The third-order valence-electron chi connectivity index (χ3n) is 1.43. The first-order chi connectivity index (χ1) is 5.83. The zero-order chi connectivity index (χ0) is 9.40. The highest BCUT2D eigenvalue weighted by Gasteiger charge is 1.97. The lowest BCUT2D eigenvalue weighted by molar-refractivity contribution is 0.103. The Labute approximate surface area is 74.4 Å². The van der Waals surface area contributed by atoms with Crippen LogP contribution in [-0.2, 0) is 11.3 Å². The molecule has 70 valence electrons. The number of aromatic nitrogens is 2. The molecule has 12 heavy (non-hydrogen) atoms. The number of hydrogen-bond acceptors (Lipinski definition) is 2. The minimum Gasteiger partial charge on any atom is -0.380 e. The van der Waals surface area contributed by atoms with Gasteiger partial charge in [0.25, 0.3) is 0 Å². The van der Waals surface area contributed by atoms with Gasteiger partial charge >= 0.3 is 0 Å². The molecule has 0 saturated carbocycles. The monoisotopic (exact) mass is 170 g/mol. The molecule has 0 saturated heterocycles. The molecule has 1 rings (SSSR count). The summed E-state index contributed by atoms with van der Waals surface area (Å²) in [4.78, 5) is 3.92. The van der Waals surface area contributed by atoms with Gasteiger partial charge in [-0.2, -0.15) is 0 Å². The van der Waals surface area contributed by atoms with Crippen LogP contribution in [0, 0.1) is 0 Å². The number of ether oxygens (including phenoxy) is 1. The Balaban J connectivity index is 0.000000561. The van der Waals surface area contributed by atoms with Crippen molar-refractivity contribution in [2.24, 2.45) is 0 Å². The molecule has 0 aromatic carbocycles. The molecule has 0 amide bonds. The fraction of sp³-hybridized carbons (Fsp3) is 0.667. The molecule has 3 nitrogen and oxygen atoms in total. The van der Waals surface area contributed by atoms with E-state index >= 15 is 0 Å². The number of rotatable bonds is 3. The minimum absolute atomic E-state index is 0.259. The van der Waals surface area contributed by atoms with E-state index < -0.39 is 0 Å². The molecule has 1 heterocycles. The van der Waals surface area contributed by atoms with Crippen molar-refractivity contribution in [3.05, 3.63) is 18.7 Å². The van der Waals surface area contributed by atoms with Crippen LogP contribution in [0.2, 0.25) is 0 Å². The lowest BCUT2D eigenvalue weighted by Gasteiger charge is -2.08. The summed E-state index contributed by atoms with van der Waals surface area (Å²) in [6.07, 6.45) is 5.74. The molecule has 0 aliphatic carbocycles. The quantitative estimate of drug-likeness (QED) is 0.693. The molecule has 0 bridgehead atoms. The van der Waals surface area contributed by atoms with Gasteiger partial charge in [0.05, 0.1) is 12.4 Å². The second-order valence-corrected chi connectivity index (χ2v) is 2.31. The van der Waals surface area contributed by atoms with E-state index in [-0.39, 0.29) is 6.10 Å². The summed E-state index contributed by atoms with van der Waals surface area (Å²) in [6.45, 7) is 6.90. The standard InChI is InChI=1S/C7H12N2O.C2H6/c1-7(10-2)5-9-4-3-8-6-9;1-2/h3-4,6-7H,5H2,1-2H3;1-2H3. The summed E-state index contributed by atoms with van der Waals surface area (Å²) in [6, 6.07) is 0. The molecular formula is C9H18N2O. The molecule has 1 atom stereocenters. The maximum atomic E-state index is 5.07. The summed E-state index contributed by atoms with van der Waals surface area (Å²) < 4.78 is 7.07. The molecule has 1 unspecified atom stereocenters. The van der Waals surface area contributed by atoms with E-state index in [0.717, 1.165) is 6.54 Å². The highest BCUT2D eigenvalue weighted by atomic mass is 16.5.